The molecule has 0 aromatic heterocycles. The van der Waals surface area contributed by atoms with Gasteiger partial charge in [0.2, 0.25) is 0 Å². The maximum absolute atomic E-state index is 8.44. The number of aliphatic imine (C=N–C) groups is 1. The van der Waals surface area contributed by atoms with Gasteiger partial charge in [-0.05, 0) is 0 Å². The van der Waals surface area contributed by atoms with Gasteiger partial charge in [0.05, 0.1) is 5.61 Å². The van der Waals surface area contributed by atoms with Crippen LogP contribution in [0.3, 0.4) is 0 Å². The van der Waals surface area contributed by atoms with Crippen molar-refractivity contribution in [3.8, 4) is 0 Å². The van der Waals surface area contributed by atoms with Gasteiger partial charge in [-0.25, -0.2) is 0 Å². The topological polar surface area (TPSA) is 52.8 Å². The minimum absolute atomic E-state index is 0.421. The average molecular weight is 111 g/mol. The molecule has 0 fully saturated rings. The highest BCUT2D eigenvalue weighted by Crippen LogP contribution is 1.99. The van der Waals surface area contributed by atoms with Crippen molar-refractivity contribution in [2.75, 3.05) is 0 Å². The van der Waals surface area contributed by atoms with Gasteiger partial charge in [-0.1, -0.05) is 6.08 Å². The van der Waals surface area contributed by atoms with Crippen LogP contribution < -0.4 is 0 Å². The second kappa shape index (κ2) is 2.11. The monoisotopic (exact) mass is 111 g/mol. The maximum atomic E-state index is 8.44. The fourth-order valence-electron chi connectivity index (χ4n) is 0.547. The smallest absolute Gasteiger partial charge is 0.422 e. The molecule has 1 aliphatic rings. The maximum Gasteiger partial charge on any atom is 0.504 e. The van der Waals surface area contributed by atoms with Crippen molar-refractivity contribution in [3.05, 3.63) is 12.3 Å². The summed E-state index contributed by atoms with van der Waals surface area (Å²) in [5.74, 6) is 0. The normalized spacial score (nSPS) is 16.5. The summed E-state index contributed by atoms with van der Waals surface area (Å²) in [4.78, 5) is 3.67. The van der Waals surface area contributed by atoms with Crippen LogP contribution in [-0.2, 0) is 0 Å². The summed E-state index contributed by atoms with van der Waals surface area (Å²) in [7, 11) is -1.37. The average Bonchev–Trinajstić information content (AvgIpc) is 2.12. The first-order chi connectivity index (χ1) is 3.80. The fraction of sp³-hybridized carbons (Fsp3) is 0.250. The third-order valence-corrected chi connectivity index (χ3v) is 0.971. The van der Waals surface area contributed by atoms with Gasteiger partial charge < -0.3 is 10.0 Å². The van der Waals surface area contributed by atoms with Crippen molar-refractivity contribution in [2.45, 2.75) is 6.42 Å². The van der Waals surface area contributed by atoms with E-state index in [-0.39, 0.29) is 0 Å². The van der Waals surface area contributed by atoms with Crippen molar-refractivity contribution < 1.29 is 10.0 Å². The predicted octanol–water partition coefficient (Wildman–Crippen LogP) is -0.643. The van der Waals surface area contributed by atoms with Gasteiger partial charge in [0.25, 0.3) is 0 Å². The SMILES string of the molecule is OB(O)C1=NC=CC1. The molecule has 2 N–H and O–H groups in total. The Bertz CT molecular complexity index is 141. The lowest BCUT2D eigenvalue weighted by Crippen LogP contribution is -2.23. The second-order valence-electron chi connectivity index (χ2n) is 1.58. The number of hydrogen-bond donors (Lipinski definition) is 2. The Balaban J connectivity index is 2.51. The zero-order chi connectivity index (χ0) is 5.98. The van der Waals surface area contributed by atoms with Crippen LogP contribution in [0.1, 0.15) is 6.42 Å². The standard InChI is InChI=1S/C4H6BNO2/c7-5(8)4-2-1-3-6-4/h1,3,7-8H,2H2. The van der Waals surface area contributed by atoms with Crippen molar-refractivity contribution in [1.29, 1.82) is 0 Å². The molecule has 42 valence electrons. The van der Waals surface area contributed by atoms with E-state index in [1.54, 1.807) is 12.3 Å². The molecule has 0 radical (unpaired) electrons. The molecule has 0 amide bonds. The van der Waals surface area contributed by atoms with Gasteiger partial charge in [-0.15, -0.1) is 0 Å². The van der Waals surface area contributed by atoms with E-state index in [0.29, 0.717) is 12.0 Å². The van der Waals surface area contributed by atoms with Crippen LogP contribution >= 0.6 is 0 Å². The number of nitrogens with zero attached hydrogens (tertiary/aromatic N) is 1. The molecule has 0 atom stereocenters. The molecule has 3 nitrogen and oxygen atoms in total. The Kier molecular flexibility index (Phi) is 1.46. The second-order valence-corrected chi connectivity index (χ2v) is 1.58. The highest BCUT2D eigenvalue weighted by atomic mass is 16.4. The van der Waals surface area contributed by atoms with E-state index >= 15 is 0 Å². The first-order valence-electron chi connectivity index (χ1n) is 2.38. The Morgan fingerprint density at radius 3 is 2.62 bits per heavy atom. The van der Waals surface area contributed by atoms with E-state index in [1.165, 1.54) is 0 Å². The molecule has 0 aromatic rings. The predicted molar refractivity (Wildman–Crippen MR) is 31.4 cm³/mol. The zero-order valence-electron chi connectivity index (χ0n) is 4.28. The minimum atomic E-state index is -1.37. The Morgan fingerprint density at radius 2 is 2.38 bits per heavy atom. The fourth-order valence-corrected chi connectivity index (χ4v) is 0.547. The highest BCUT2D eigenvalue weighted by molar-refractivity contribution is 6.80. The molecule has 0 aliphatic carbocycles. The summed E-state index contributed by atoms with van der Waals surface area (Å²) in [6.45, 7) is 0. The van der Waals surface area contributed by atoms with Crippen LogP contribution in [0.4, 0.5) is 0 Å². The lowest BCUT2D eigenvalue weighted by molar-refractivity contribution is 0.429. The first kappa shape index (κ1) is 5.53. The first-order valence-corrected chi connectivity index (χ1v) is 2.38. The molecule has 1 rings (SSSR count). The number of allylic oxidation sites excluding steroid dienone is 1. The van der Waals surface area contributed by atoms with Gasteiger partial charge in [-0.2, -0.15) is 0 Å². The van der Waals surface area contributed by atoms with E-state index < -0.39 is 7.12 Å². The van der Waals surface area contributed by atoms with Gasteiger partial charge in [-0.3, -0.25) is 4.99 Å². The van der Waals surface area contributed by atoms with Crippen molar-refractivity contribution in [1.82, 2.24) is 0 Å². The molecular formula is C4H6BNO2. The Labute approximate surface area is 47.5 Å². The Morgan fingerprint density at radius 1 is 1.62 bits per heavy atom. The van der Waals surface area contributed by atoms with Crippen LogP contribution in [0.25, 0.3) is 0 Å². The molecule has 8 heavy (non-hydrogen) atoms. The van der Waals surface area contributed by atoms with E-state index in [0.717, 1.165) is 0 Å². The van der Waals surface area contributed by atoms with E-state index in [2.05, 4.69) is 4.99 Å². The Hall–Kier alpha value is -0.605. The molecule has 0 saturated carbocycles. The summed E-state index contributed by atoms with van der Waals surface area (Å²) < 4.78 is 0. The zero-order valence-corrected chi connectivity index (χ0v) is 4.28. The molecule has 0 saturated heterocycles. The molecule has 0 spiro atoms. The molecule has 0 unspecified atom stereocenters. The van der Waals surface area contributed by atoms with Crippen LogP contribution in [0, 0.1) is 0 Å². The van der Waals surface area contributed by atoms with E-state index in [1.807, 2.05) is 0 Å². The molecule has 0 aromatic carbocycles. The number of hydrogen-bond acceptors (Lipinski definition) is 3. The lowest BCUT2D eigenvalue weighted by atomic mass is 9.82. The highest BCUT2D eigenvalue weighted by Gasteiger charge is 2.16. The van der Waals surface area contributed by atoms with E-state index in [4.69, 9.17) is 10.0 Å². The van der Waals surface area contributed by atoms with Gasteiger partial charge in [0.15, 0.2) is 0 Å². The third kappa shape index (κ3) is 0.964. The lowest BCUT2D eigenvalue weighted by Gasteiger charge is -1.92. The van der Waals surface area contributed by atoms with Crippen LogP contribution in [0.5, 0.6) is 0 Å². The van der Waals surface area contributed by atoms with Crippen LogP contribution in [0.15, 0.2) is 17.3 Å². The van der Waals surface area contributed by atoms with Gasteiger partial charge in [0.1, 0.15) is 0 Å². The summed E-state index contributed by atoms with van der Waals surface area (Å²) in [5, 5.41) is 16.9. The van der Waals surface area contributed by atoms with Crippen molar-refractivity contribution in [3.63, 3.8) is 0 Å². The van der Waals surface area contributed by atoms with E-state index in [9.17, 15) is 0 Å². The molecule has 0 bridgehead atoms. The molecular weight excluding hydrogens is 105 g/mol. The number of rotatable bonds is 1. The summed E-state index contributed by atoms with van der Waals surface area (Å²) in [6, 6.07) is 0. The molecule has 1 heterocycles. The summed E-state index contributed by atoms with van der Waals surface area (Å²) in [6.07, 6.45) is 3.90. The van der Waals surface area contributed by atoms with Crippen LogP contribution in [0.2, 0.25) is 0 Å². The third-order valence-electron chi connectivity index (χ3n) is 0.971. The summed E-state index contributed by atoms with van der Waals surface area (Å²) >= 11 is 0. The van der Waals surface area contributed by atoms with Crippen LogP contribution in [-0.4, -0.2) is 22.8 Å². The van der Waals surface area contributed by atoms with Gasteiger partial charge in [0, 0.05) is 12.6 Å². The van der Waals surface area contributed by atoms with Crippen molar-refractivity contribution in [2.24, 2.45) is 4.99 Å². The van der Waals surface area contributed by atoms with Gasteiger partial charge >= 0.3 is 7.12 Å². The molecule has 4 heteroatoms. The minimum Gasteiger partial charge on any atom is -0.422 e. The quantitative estimate of drug-likeness (QED) is 0.442. The van der Waals surface area contributed by atoms with Crippen molar-refractivity contribution >= 4 is 12.7 Å². The summed E-state index contributed by atoms with van der Waals surface area (Å²) in [5.41, 5.74) is 0.421. The molecule has 1 aliphatic heterocycles. The largest absolute Gasteiger partial charge is 0.504 e.